The minimum Gasteiger partial charge on any atom is -0.477 e. The van der Waals surface area contributed by atoms with Gasteiger partial charge in [-0.15, -0.1) is 0 Å². The van der Waals surface area contributed by atoms with Gasteiger partial charge in [0.1, 0.15) is 5.69 Å². The van der Waals surface area contributed by atoms with Gasteiger partial charge in [0.15, 0.2) is 11.5 Å². The Morgan fingerprint density at radius 3 is 2.83 bits per heavy atom. The van der Waals surface area contributed by atoms with E-state index < -0.39 is 5.97 Å². The predicted molar refractivity (Wildman–Crippen MR) is 66.3 cm³/mol. The lowest BCUT2D eigenvalue weighted by atomic mass is 10.1. The highest BCUT2D eigenvalue weighted by Crippen LogP contribution is 2.18. The van der Waals surface area contributed by atoms with Gasteiger partial charge in [-0.3, -0.25) is 4.98 Å². The Morgan fingerprint density at radius 1 is 1.39 bits per heavy atom. The summed E-state index contributed by atoms with van der Waals surface area (Å²) >= 11 is 0. The number of pyridine rings is 1. The first-order valence-corrected chi connectivity index (χ1v) is 5.65. The van der Waals surface area contributed by atoms with Gasteiger partial charge in [-0.2, -0.15) is 0 Å². The minimum absolute atomic E-state index is 0.00907. The van der Waals surface area contributed by atoms with E-state index in [2.05, 4.69) is 15.0 Å². The molecule has 0 unspecified atom stereocenters. The van der Waals surface area contributed by atoms with E-state index in [-0.39, 0.29) is 5.69 Å². The molecular formula is C13H13N3O2. The van der Waals surface area contributed by atoms with E-state index in [0.717, 1.165) is 12.0 Å². The first-order chi connectivity index (χ1) is 8.61. The molecule has 0 aliphatic rings. The van der Waals surface area contributed by atoms with Crippen molar-refractivity contribution in [1.82, 2.24) is 15.0 Å². The molecule has 92 valence electrons. The molecule has 5 nitrogen and oxygen atoms in total. The number of carboxylic acid groups (broad SMARTS) is 1. The summed E-state index contributed by atoms with van der Waals surface area (Å²) in [6.45, 7) is 3.75. The fraction of sp³-hybridized carbons (Fsp3) is 0.231. The zero-order chi connectivity index (χ0) is 13.1. The number of hydrogen-bond acceptors (Lipinski definition) is 4. The average molecular weight is 243 g/mol. The molecule has 2 aromatic rings. The molecule has 0 spiro atoms. The molecule has 0 saturated carbocycles. The third-order valence-corrected chi connectivity index (χ3v) is 2.56. The fourth-order valence-electron chi connectivity index (χ4n) is 1.71. The predicted octanol–water partition coefficient (Wildman–Crippen LogP) is 2.11. The number of nitrogens with zero attached hydrogens (tertiary/aromatic N) is 3. The van der Waals surface area contributed by atoms with Gasteiger partial charge >= 0.3 is 5.97 Å². The molecule has 0 fully saturated rings. The van der Waals surface area contributed by atoms with Gasteiger partial charge in [0.05, 0.1) is 0 Å². The molecule has 2 aromatic heterocycles. The maximum atomic E-state index is 11.0. The van der Waals surface area contributed by atoms with E-state index in [1.54, 1.807) is 13.1 Å². The van der Waals surface area contributed by atoms with Crippen molar-refractivity contribution < 1.29 is 9.90 Å². The minimum atomic E-state index is -1.06. The lowest BCUT2D eigenvalue weighted by molar-refractivity contribution is 0.0690. The van der Waals surface area contributed by atoms with Crippen LogP contribution in [0.4, 0.5) is 0 Å². The van der Waals surface area contributed by atoms with Crippen molar-refractivity contribution in [3.05, 3.63) is 41.3 Å². The van der Waals surface area contributed by atoms with E-state index in [0.29, 0.717) is 17.2 Å². The van der Waals surface area contributed by atoms with Gasteiger partial charge in [-0.25, -0.2) is 14.8 Å². The lowest BCUT2D eigenvalue weighted by Crippen LogP contribution is -2.06. The van der Waals surface area contributed by atoms with Gasteiger partial charge < -0.3 is 5.11 Å². The quantitative estimate of drug-likeness (QED) is 0.893. The number of hydrogen-bond donors (Lipinski definition) is 1. The van der Waals surface area contributed by atoms with Gasteiger partial charge in [-0.05, 0) is 31.0 Å². The normalized spacial score (nSPS) is 10.3. The Balaban J connectivity index is 2.60. The standard InChI is InChI=1S/C13H13N3O2/c1-3-9-5-4-6-14-11(9)12-15-8(2)7-10(16-12)13(17)18/h4-7H,3H2,1-2H3,(H,17,18). The van der Waals surface area contributed by atoms with Crippen LogP contribution in [0.2, 0.25) is 0 Å². The van der Waals surface area contributed by atoms with Crippen molar-refractivity contribution in [3.63, 3.8) is 0 Å². The highest BCUT2D eigenvalue weighted by molar-refractivity contribution is 5.85. The van der Waals surface area contributed by atoms with E-state index in [1.165, 1.54) is 6.07 Å². The summed E-state index contributed by atoms with van der Waals surface area (Å²) in [6.07, 6.45) is 2.45. The van der Waals surface area contributed by atoms with Crippen LogP contribution in [0.1, 0.15) is 28.7 Å². The number of carbonyl (C=O) groups is 1. The zero-order valence-corrected chi connectivity index (χ0v) is 10.2. The van der Waals surface area contributed by atoms with Crippen LogP contribution in [-0.4, -0.2) is 26.0 Å². The monoisotopic (exact) mass is 243 g/mol. The van der Waals surface area contributed by atoms with Crippen molar-refractivity contribution in [1.29, 1.82) is 0 Å². The molecule has 18 heavy (non-hydrogen) atoms. The third-order valence-electron chi connectivity index (χ3n) is 2.56. The molecule has 0 amide bonds. The average Bonchev–Trinajstić information content (AvgIpc) is 2.38. The smallest absolute Gasteiger partial charge is 0.354 e. The molecule has 0 aliphatic carbocycles. The highest BCUT2D eigenvalue weighted by atomic mass is 16.4. The summed E-state index contributed by atoms with van der Waals surface area (Å²) < 4.78 is 0. The number of aryl methyl sites for hydroxylation is 2. The molecule has 0 aromatic carbocycles. The van der Waals surface area contributed by atoms with Crippen LogP contribution in [0.3, 0.4) is 0 Å². The molecule has 0 saturated heterocycles. The summed E-state index contributed by atoms with van der Waals surface area (Å²) in [5, 5.41) is 9.00. The molecule has 2 rings (SSSR count). The maximum absolute atomic E-state index is 11.0. The van der Waals surface area contributed by atoms with Crippen LogP contribution in [0.15, 0.2) is 24.4 Å². The third kappa shape index (κ3) is 2.34. The van der Waals surface area contributed by atoms with Crippen LogP contribution < -0.4 is 0 Å². The summed E-state index contributed by atoms with van der Waals surface area (Å²) in [7, 11) is 0. The maximum Gasteiger partial charge on any atom is 0.354 e. The summed E-state index contributed by atoms with van der Waals surface area (Å²) in [4.78, 5) is 23.5. The Labute approximate surface area is 105 Å². The first kappa shape index (κ1) is 12.2. The van der Waals surface area contributed by atoms with Gasteiger partial charge in [0.25, 0.3) is 0 Å². The largest absolute Gasteiger partial charge is 0.477 e. The van der Waals surface area contributed by atoms with Crippen LogP contribution in [-0.2, 0) is 6.42 Å². The van der Waals surface area contributed by atoms with Gasteiger partial charge in [0, 0.05) is 11.9 Å². The Morgan fingerprint density at radius 2 is 2.17 bits per heavy atom. The molecule has 0 aliphatic heterocycles. The first-order valence-electron chi connectivity index (χ1n) is 5.65. The summed E-state index contributed by atoms with van der Waals surface area (Å²) in [5.74, 6) is -0.694. The topological polar surface area (TPSA) is 76.0 Å². The molecule has 2 heterocycles. The zero-order valence-electron chi connectivity index (χ0n) is 10.2. The number of rotatable bonds is 3. The molecule has 0 bridgehead atoms. The van der Waals surface area contributed by atoms with Crippen molar-refractivity contribution in [3.8, 4) is 11.5 Å². The van der Waals surface area contributed by atoms with Gasteiger partial charge in [-0.1, -0.05) is 13.0 Å². The lowest BCUT2D eigenvalue weighted by Gasteiger charge is -2.06. The second-order valence-corrected chi connectivity index (χ2v) is 3.89. The molecular weight excluding hydrogens is 230 g/mol. The van der Waals surface area contributed by atoms with E-state index >= 15 is 0 Å². The van der Waals surface area contributed by atoms with E-state index in [9.17, 15) is 4.79 Å². The van der Waals surface area contributed by atoms with Crippen molar-refractivity contribution in [2.24, 2.45) is 0 Å². The number of aromatic nitrogens is 3. The van der Waals surface area contributed by atoms with Crippen LogP contribution in [0, 0.1) is 6.92 Å². The highest BCUT2D eigenvalue weighted by Gasteiger charge is 2.13. The Bertz CT molecular complexity index is 597. The molecule has 0 radical (unpaired) electrons. The SMILES string of the molecule is CCc1cccnc1-c1nc(C)cc(C(=O)O)n1. The van der Waals surface area contributed by atoms with Gasteiger partial charge in [0.2, 0.25) is 0 Å². The van der Waals surface area contributed by atoms with Crippen LogP contribution >= 0.6 is 0 Å². The summed E-state index contributed by atoms with van der Waals surface area (Å²) in [6, 6.07) is 5.23. The van der Waals surface area contributed by atoms with E-state index in [1.807, 2.05) is 19.1 Å². The second-order valence-electron chi connectivity index (χ2n) is 3.89. The van der Waals surface area contributed by atoms with Crippen molar-refractivity contribution in [2.45, 2.75) is 20.3 Å². The molecule has 1 N–H and O–H groups in total. The molecule has 0 atom stereocenters. The van der Waals surface area contributed by atoms with Crippen molar-refractivity contribution >= 4 is 5.97 Å². The van der Waals surface area contributed by atoms with E-state index in [4.69, 9.17) is 5.11 Å². The fourth-order valence-corrected chi connectivity index (χ4v) is 1.71. The molecule has 5 heteroatoms. The Hall–Kier alpha value is -2.30. The number of carboxylic acids is 1. The Kier molecular flexibility index (Phi) is 3.32. The summed E-state index contributed by atoms with van der Waals surface area (Å²) in [5.41, 5.74) is 2.25. The number of aromatic carboxylic acids is 1. The van der Waals surface area contributed by atoms with Crippen LogP contribution in [0.25, 0.3) is 11.5 Å². The van der Waals surface area contributed by atoms with Crippen LogP contribution in [0.5, 0.6) is 0 Å². The second kappa shape index (κ2) is 4.91. The van der Waals surface area contributed by atoms with Crippen molar-refractivity contribution in [2.75, 3.05) is 0 Å².